The lowest BCUT2D eigenvalue weighted by atomic mass is 10.1. The smallest absolute Gasteiger partial charge is 0.326 e. The van der Waals surface area contributed by atoms with Crippen molar-refractivity contribution in [1.29, 1.82) is 0 Å². The second-order valence-electron chi connectivity index (χ2n) is 4.54. The number of carbonyl (C=O) groups is 2. The number of carboxylic acids is 1. The molecule has 0 unspecified atom stereocenters. The predicted molar refractivity (Wildman–Crippen MR) is 76.3 cm³/mol. The van der Waals surface area contributed by atoms with Crippen molar-refractivity contribution < 1.29 is 24.9 Å². The van der Waals surface area contributed by atoms with Gasteiger partial charge in [0.25, 0.3) is 0 Å². The summed E-state index contributed by atoms with van der Waals surface area (Å²) < 4.78 is 0. The topological polar surface area (TPSA) is 110 Å². The van der Waals surface area contributed by atoms with Gasteiger partial charge in [-0.1, -0.05) is 12.1 Å². The Morgan fingerprint density at radius 3 is 2.57 bits per heavy atom. The highest BCUT2D eigenvalue weighted by Crippen LogP contribution is 2.25. The number of amides is 2. The molecule has 0 bridgehead atoms. The fraction of sp³-hybridized carbons (Fsp3) is 0.286. The zero-order chi connectivity index (χ0) is 16.0. The Hall–Kier alpha value is -2.70. The number of phenols is 2. The van der Waals surface area contributed by atoms with E-state index >= 15 is 0 Å². The minimum absolute atomic E-state index is 0.0170. The van der Waals surface area contributed by atoms with Crippen molar-refractivity contribution in [2.24, 2.45) is 0 Å². The molecule has 0 radical (unpaired) electrons. The monoisotopic (exact) mass is 294 g/mol. The highest BCUT2D eigenvalue weighted by Gasteiger charge is 2.22. The van der Waals surface area contributed by atoms with Crippen LogP contribution in [0, 0.1) is 0 Å². The van der Waals surface area contributed by atoms with Gasteiger partial charge in [-0.3, -0.25) is 0 Å². The average molecular weight is 294 g/mol. The Morgan fingerprint density at radius 2 is 2.05 bits per heavy atom. The number of nitrogens with zero attached hydrogens (tertiary/aromatic N) is 1. The van der Waals surface area contributed by atoms with Crippen molar-refractivity contribution in [1.82, 2.24) is 10.2 Å². The van der Waals surface area contributed by atoms with Crippen molar-refractivity contribution in [2.45, 2.75) is 12.5 Å². The van der Waals surface area contributed by atoms with E-state index in [1.165, 1.54) is 36.2 Å². The second kappa shape index (κ2) is 7.18. The quantitative estimate of drug-likeness (QED) is 0.460. The predicted octanol–water partition coefficient (Wildman–Crippen LogP) is 0.921. The van der Waals surface area contributed by atoms with Gasteiger partial charge in [-0.25, -0.2) is 9.59 Å². The number of carbonyl (C=O) groups excluding carboxylic acids is 1. The van der Waals surface area contributed by atoms with E-state index in [9.17, 15) is 19.8 Å². The lowest BCUT2D eigenvalue weighted by Gasteiger charge is -2.20. The van der Waals surface area contributed by atoms with Crippen LogP contribution in [0.25, 0.3) is 0 Å². The van der Waals surface area contributed by atoms with Crippen LogP contribution in [0.2, 0.25) is 0 Å². The summed E-state index contributed by atoms with van der Waals surface area (Å²) >= 11 is 0. The van der Waals surface area contributed by atoms with E-state index in [1.54, 1.807) is 0 Å². The highest BCUT2D eigenvalue weighted by molar-refractivity contribution is 5.82. The number of hydrogen-bond donors (Lipinski definition) is 4. The van der Waals surface area contributed by atoms with Gasteiger partial charge in [0.05, 0.1) is 0 Å². The molecule has 21 heavy (non-hydrogen) atoms. The van der Waals surface area contributed by atoms with Crippen molar-refractivity contribution in [2.75, 3.05) is 13.6 Å². The molecule has 1 rings (SSSR count). The van der Waals surface area contributed by atoms with Gasteiger partial charge >= 0.3 is 12.0 Å². The molecule has 0 saturated carbocycles. The summed E-state index contributed by atoms with van der Waals surface area (Å²) in [6.07, 6.45) is 1.50. The number of likely N-dealkylation sites (N-methyl/N-ethyl adjacent to an activating group) is 1. The first kappa shape index (κ1) is 16.4. The number of urea groups is 1. The fourth-order valence-corrected chi connectivity index (χ4v) is 1.67. The molecule has 4 N–H and O–H groups in total. The number of carboxylic acid groups (broad SMARTS) is 1. The molecule has 2 amide bonds. The standard InChI is InChI=1S/C14H18N2O5/c1-3-6-16(2)14(21)15-10(13(19)20)7-9-4-5-11(17)12(18)8-9/h3-5,8,10,17-18H,1,6-7H2,2H3,(H,15,21)(H,19,20)/t10-/m0/s1. The van der Waals surface area contributed by atoms with Crippen LogP contribution >= 0.6 is 0 Å². The maximum Gasteiger partial charge on any atom is 0.326 e. The van der Waals surface area contributed by atoms with Crippen molar-refractivity contribution in [3.8, 4) is 11.5 Å². The summed E-state index contributed by atoms with van der Waals surface area (Å²) in [4.78, 5) is 24.3. The zero-order valence-electron chi connectivity index (χ0n) is 11.6. The molecule has 0 aliphatic rings. The Balaban J connectivity index is 2.78. The van der Waals surface area contributed by atoms with Crippen molar-refractivity contribution >= 4 is 12.0 Å². The average Bonchev–Trinajstić information content (AvgIpc) is 2.42. The lowest BCUT2D eigenvalue weighted by Crippen LogP contribution is -2.47. The third kappa shape index (κ3) is 4.72. The molecule has 0 aliphatic carbocycles. The van der Waals surface area contributed by atoms with Gasteiger partial charge in [-0.05, 0) is 17.7 Å². The minimum Gasteiger partial charge on any atom is -0.504 e. The largest absolute Gasteiger partial charge is 0.504 e. The molecule has 0 spiro atoms. The van der Waals surface area contributed by atoms with Gasteiger partial charge in [0.1, 0.15) is 6.04 Å². The molecule has 1 aromatic carbocycles. The number of benzene rings is 1. The lowest BCUT2D eigenvalue weighted by molar-refractivity contribution is -0.139. The third-order valence-electron chi connectivity index (χ3n) is 2.83. The second-order valence-corrected chi connectivity index (χ2v) is 4.54. The van der Waals surface area contributed by atoms with E-state index in [0.717, 1.165) is 0 Å². The van der Waals surface area contributed by atoms with Crippen LogP contribution in [-0.4, -0.2) is 51.9 Å². The van der Waals surface area contributed by atoms with Gasteiger partial charge in [0.15, 0.2) is 11.5 Å². The zero-order valence-corrected chi connectivity index (χ0v) is 11.6. The van der Waals surface area contributed by atoms with E-state index in [1.807, 2.05) is 0 Å². The van der Waals surface area contributed by atoms with Gasteiger partial charge < -0.3 is 25.5 Å². The van der Waals surface area contributed by atoms with Crippen LogP contribution in [-0.2, 0) is 11.2 Å². The third-order valence-corrected chi connectivity index (χ3v) is 2.83. The van der Waals surface area contributed by atoms with E-state index in [2.05, 4.69) is 11.9 Å². The van der Waals surface area contributed by atoms with Gasteiger partial charge in [-0.2, -0.15) is 0 Å². The Morgan fingerprint density at radius 1 is 1.38 bits per heavy atom. The summed E-state index contributed by atoms with van der Waals surface area (Å²) in [6.45, 7) is 3.78. The SMILES string of the molecule is C=CCN(C)C(=O)N[C@@H](Cc1ccc(O)c(O)c1)C(=O)O. The molecule has 1 atom stereocenters. The van der Waals surface area contributed by atoms with Crippen LogP contribution in [0.3, 0.4) is 0 Å². The van der Waals surface area contributed by atoms with Crippen LogP contribution in [0.4, 0.5) is 4.79 Å². The summed E-state index contributed by atoms with van der Waals surface area (Å²) in [5.41, 5.74) is 0.476. The molecule has 0 aromatic heterocycles. The minimum atomic E-state index is -1.19. The number of aliphatic carboxylic acids is 1. The Labute approximate surface area is 122 Å². The molecule has 0 heterocycles. The Kier molecular flexibility index (Phi) is 5.59. The number of rotatable bonds is 6. The van der Waals surface area contributed by atoms with Crippen LogP contribution in [0.15, 0.2) is 30.9 Å². The van der Waals surface area contributed by atoms with E-state index in [-0.39, 0.29) is 24.5 Å². The normalized spacial score (nSPS) is 11.5. The summed E-state index contributed by atoms with van der Waals surface area (Å²) in [5, 5.41) is 30.1. The number of aromatic hydroxyl groups is 2. The van der Waals surface area contributed by atoms with Crippen molar-refractivity contribution in [3.05, 3.63) is 36.4 Å². The number of hydrogen-bond acceptors (Lipinski definition) is 4. The van der Waals surface area contributed by atoms with Gasteiger partial charge in [0, 0.05) is 20.0 Å². The van der Waals surface area contributed by atoms with E-state index in [4.69, 9.17) is 5.11 Å². The summed E-state index contributed by atoms with van der Waals surface area (Å²) in [5.74, 6) is -1.82. The number of phenolic OH excluding ortho intramolecular Hbond substituents is 2. The molecule has 0 fully saturated rings. The van der Waals surface area contributed by atoms with Crippen LogP contribution in [0.1, 0.15) is 5.56 Å². The summed E-state index contributed by atoms with van der Waals surface area (Å²) in [6, 6.07) is 2.31. The molecule has 0 saturated heterocycles. The first-order valence-electron chi connectivity index (χ1n) is 6.21. The summed E-state index contributed by atoms with van der Waals surface area (Å²) in [7, 11) is 1.52. The first-order valence-corrected chi connectivity index (χ1v) is 6.21. The van der Waals surface area contributed by atoms with Gasteiger partial charge in [0.2, 0.25) is 0 Å². The molecule has 114 valence electrons. The maximum absolute atomic E-state index is 11.8. The first-order chi connectivity index (χ1) is 9.85. The van der Waals surface area contributed by atoms with Gasteiger partial charge in [-0.15, -0.1) is 6.58 Å². The molecule has 1 aromatic rings. The van der Waals surface area contributed by atoms with Crippen LogP contribution in [0.5, 0.6) is 11.5 Å². The molecule has 7 nitrogen and oxygen atoms in total. The highest BCUT2D eigenvalue weighted by atomic mass is 16.4. The molecular weight excluding hydrogens is 276 g/mol. The van der Waals surface area contributed by atoms with E-state index < -0.39 is 18.0 Å². The fourth-order valence-electron chi connectivity index (χ4n) is 1.67. The molecule has 0 aliphatic heterocycles. The van der Waals surface area contributed by atoms with Crippen LogP contribution < -0.4 is 5.32 Å². The molecular formula is C14H18N2O5. The van der Waals surface area contributed by atoms with Crippen molar-refractivity contribution in [3.63, 3.8) is 0 Å². The number of nitrogens with one attached hydrogen (secondary N) is 1. The van der Waals surface area contributed by atoms with E-state index in [0.29, 0.717) is 5.56 Å². The Bertz CT molecular complexity index is 544. The maximum atomic E-state index is 11.8. The molecule has 7 heteroatoms.